The van der Waals surface area contributed by atoms with E-state index in [0.717, 1.165) is 27.9 Å². The molecule has 2 aliphatic rings. The number of anilines is 2. The first-order valence-corrected chi connectivity index (χ1v) is 10.6. The Morgan fingerprint density at radius 3 is 2.09 bits per heavy atom. The molecule has 0 bridgehead atoms. The lowest BCUT2D eigenvalue weighted by atomic mass is 9.90. The van der Waals surface area contributed by atoms with Crippen LogP contribution in [-0.4, -0.2) is 23.0 Å². The average molecular weight is 428 g/mol. The molecule has 0 saturated carbocycles. The molecule has 2 amide bonds. The Morgan fingerprint density at radius 1 is 0.844 bits per heavy atom. The molecule has 2 fully saturated rings. The smallest absolute Gasteiger partial charge is 0.266 e. The molecule has 3 atom stereocenters. The number of phenols is 1. The number of benzene rings is 3. The van der Waals surface area contributed by atoms with Crippen molar-refractivity contribution in [2.45, 2.75) is 32.9 Å². The lowest BCUT2D eigenvalue weighted by Gasteiger charge is -2.29. The van der Waals surface area contributed by atoms with Crippen molar-refractivity contribution in [3.63, 3.8) is 0 Å². The maximum Gasteiger partial charge on any atom is 0.266 e. The van der Waals surface area contributed by atoms with Gasteiger partial charge in [-0.3, -0.25) is 14.4 Å². The summed E-state index contributed by atoms with van der Waals surface area (Å²) < 4.78 is 0. The maximum atomic E-state index is 13.8. The number of phenolic OH excluding ortho intramolecular Hbond substituents is 1. The summed E-state index contributed by atoms with van der Waals surface area (Å²) in [5.41, 5.74) is 5.03. The van der Waals surface area contributed by atoms with E-state index in [-0.39, 0.29) is 17.6 Å². The van der Waals surface area contributed by atoms with Gasteiger partial charge in [-0.05, 0) is 61.7 Å². The summed E-state index contributed by atoms with van der Waals surface area (Å²) >= 11 is 0. The number of hydroxylamine groups is 1. The minimum atomic E-state index is -0.915. The highest BCUT2D eigenvalue weighted by atomic mass is 16.7. The van der Waals surface area contributed by atoms with Gasteiger partial charge in [0.1, 0.15) is 11.7 Å². The van der Waals surface area contributed by atoms with Crippen LogP contribution in [0.5, 0.6) is 5.75 Å². The van der Waals surface area contributed by atoms with Crippen LogP contribution in [0.15, 0.2) is 66.7 Å². The Morgan fingerprint density at radius 2 is 1.47 bits per heavy atom. The fraction of sp³-hybridized carbons (Fsp3) is 0.231. The lowest BCUT2D eigenvalue weighted by Crippen LogP contribution is -2.38. The zero-order valence-electron chi connectivity index (χ0n) is 18.1. The predicted octanol–water partition coefficient (Wildman–Crippen LogP) is 4.37. The molecular formula is C26H24N2O4. The zero-order valence-corrected chi connectivity index (χ0v) is 18.1. The largest absolute Gasteiger partial charge is 0.508 e. The highest BCUT2D eigenvalue weighted by molar-refractivity contribution is 6.24. The van der Waals surface area contributed by atoms with Gasteiger partial charge in [-0.1, -0.05) is 48.0 Å². The molecule has 0 radical (unpaired) electrons. The molecule has 2 aliphatic heterocycles. The monoisotopic (exact) mass is 428 g/mol. The van der Waals surface area contributed by atoms with E-state index in [9.17, 15) is 14.7 Å². The molecule has 32 heavy (non-hydrogen) atoms. The molecule has 0 aromatic heterocycles. The van der Waals surface area contributed by atoms with Crippen LogP contribution >= 0.6 is 0 Å². The van der Waals surface area contributed by atoms with Gasteiger partial charge in [0.2, 0.25) is 5.91 Å². The van der Waals surface area contributed by atoms with Gasteiger partial charge in [-0.2, -0.15) is 0 Å². The molecule has 0 spiro atoms. The van der Waals surface area contributed by atoms with Gasteiger partial charge in [0.15, 0.2) is 6.10 Å². The molecule has 2 heterocycles. The highest BCUT2D eigenvalue weighted by Crippen LogP contribution is 2.48. The summed E-state index contributed by atoms with van der Waals surface area (Å²) in [5, 5.41) is 11.4. The van der Waals surface area contributed by atoms with E-state index in [0.29, 0.717) is 5.69 Å². The third-order valence-electron chi connectivity index (χ3n) is 6.22. The molecule has 2 saturated heterocycles. The second-order valence-corrected chi connectivity index (χ2v) is 8.51. The molecule has 3 aromatic rings. The van der Waals surface area contributed by atoms with Crippen molar-refractivity contribution in [1.82, 2.24) is 0 Å². The zero-order chi connectivity index (χ0) is 22.6. The molecule has 0 unspecified atom stereocenters. The fourth-order valence-electron chi connectivity index (χ4n) is 4.97. The highest BCUT2D eigenvalue weighted by Gasteiger charge is 2.60. The number of hydrogen-bond acceptors (Lipinski definition) is 5. The molecule has 3 aromatic carbocycles. The van der Waals surface area contributed by atoms with Gasteiger partial charge in [0, 0.05) is 0 Å². The third-order valence-corrected chi connectivity index (χ3v) is 6.22. The number of para-hydroxylation sites is 1. The maximum absolute atomic E-state index is 13.8. The van der Waals surface area contributed by atoms with Crippen LogP contribution in [0, 0.1) is 26.7 Å². The molecule has 0 aliphatic carbocycles. The minimum absolute atomic E-state index is 0.136. The molecule has 1 N–H and O–H groups in total. The van der Waals surface area contributed by atoms with Crippen LogP contribution in [0.4, 0.5) is 11.4 Å². The van der Waals surface area contributed by atoms with E-state index < -0.39 is 18.1 Å². The summed E-state index contributed by atoms with van der Waals surface area (Å²) in [7, 11) is 0. The Balaban J connectivity index is 1.61. The number of amides is 2. The number of carbonyl (C=O) groups is 2. The van der Waals surface area contributed by atoms with Gasteiger partial charge in [0.05, 0.1) is 17.4 Å². The van der Waals surface area contributed by atoms with E-state index in [2.05, 4.69) is 0 Å². The standard InChI is InChI=1S/C26H24N2O4/c1-15-13-16(2)22(17(3)14-15)27-25(30)21-23(18-9-11-20(29)12-10-18)28(32-24(21)26(27)31)19-7-5-4-6-8-19/h4-14,21,23-24,29H,1-3H3/t21-,23-,24-/m1/s1. The van der Waals surface area contributed by atoms with Crippen molar-refractivity contribution in [1.29, 1.82) is 0 Å². The van der Waals surface area contributed by atoms with Crippen LogP contribution in [0.3, 0.4) is 0 Å². The van der Waals surface area contributed by atoms with Crippen molar-refractivity contribution >= 4 is 23.2 Å². The first kappa shape index (κ1) is 20.3. The number of aromatic hydroxyl groups is 1. The van der Waals surface area contributed by atoms with Crippen molar-refractivity contribution < 1.29 is 19.5 Å². The number of aryl methyl sites for hydroxylation is 3. The van der Waals surface area contributed by atoms with Crippen LogP contribution in [0.2, 0.25) is 0 Å². The summed E-state index contributed by atoms with van der Waals surface area (Å²) in [4.78, 5) is 34.7. The Kier molecular flexibility index (Phi) is 4.75. The SMILES string of the molecule is Cc1cc(C)c(N2C(=O)[C@@H]3[C@@H](c4ccc(O)cc4)N(c4ccccc4)O[C@H]3C2=O)c(C)c1. The molecule has 5 rings (SSSR count). The number of fused-ring (bicyclic) bond motifs is 1. The summed E-state index contributed by atoms with van der Waals surface area (Å²) in [6.45, 7) is 5.82. The number of imide groups is 1. The van der Waals surface area contributed by atoms with Crippen LogP contribution in [0.1, 0.15) is 28.3 Å². The van der Waals surface area contributed by atoms with Crippen molar-refractivity contribution in [3.05, 3.63) is 89.0 Å². The summed E-state index contributed by atoms with van der Waals surface area (Å²) in [5.74, 6) is -1.19. The van der Waals surface area contributed by atoms with E-state index in [1.54, 1.807) is 29.3 Å². The van der Waals surface area contributed by atoms with Gasteiger partial charge in [-0.25, -0.2) is 9.96 Å². The Hall–Kier alpha value is -3.64. The number of nitrogens with zero attached hydrogens (tertiary/aromatic N) is 2. The normalized spacial score (nSPS) is 22.5. The first-order chi connectivity index (χ1) is 15.4. The molecule has 6 nitrogen and oxygen atoms in total. The molecule has 6 heteroatoms. The van der Waals surface area contributed by atoms with E-state index in [1.165, 1.54) is 4.90 Å². The third kappa shape index (κ3) is 3.07. The Labute approximate surface area is 186 Å². The van der Waals surface area contributed by atoms with Crippen molar-refractivity contribution in [3.8, 4) is 5.75 Å². The molecule has 162 valence electrons. The molecular weight excluding hydrogens is 404 g/mol. The first-order valence-electron chi connectivity index (χ1n) is 10.6. The van der Waals surface area contributed by atoms with Crippen molar-refractivity contribution in [2.24, 2.45) is 5.92 Å². The Bertz CT molecular complexity index is 1180. The predicted molar refractivity (Wildman–Crippen MR) is 121 cm³/mol. The van der Waals surface area contributed by atoms with Crippen LogP contribution < -0.4 is 9.96 Å². The summed E-state index contributed by atoms with van der Waals surface area (Å²) in [6, 6.07) is 19.6. The lowest BCUT2D eigenvalue weighted by molar-refractivity contribution is -0.126. The van der Waals surface area contributed by atoms with E-state index in [4.69, 9.17) is 4.84 Å². The van der Waals surface area contributed by atoms with Gasteiger partial charge in [0.25, 0.3) is 5.91 Å². The van der Waals surface area contributed by atoms with E-state index >= 15 is 0 Å². The topological polar surface area (TPSA) is 70.1 Å². The number of hydrogen-bond donors (Lipinski definition) is 1. The van der Waals surface area contributed by atoms with Crippen molar-refractivity contribution in [2.75, 3.05) is 9.96 Å². The van der Waals surface area contributed by atoms with Crippen LogP contribution in [-0.2, 0) is 14.4 Å². The van der Waals surface area contributed by atoms with Crippen LogP contribution in [0.25, 0.3) is 0 Å². The average Bonchev–Trinajstić information content (AvgIpc) is 3.26. The second-order valence-electron chi connectivity index (χ2n) is 8.51. The van der Waals surface area contributed by atoms with Gasteiger partial charge < -0.3 is 5.11 Å². The summed E-state index contributed by atoms with van der Waals surface area (Å²) in [6.07, 6.45) is -0.915. The minimum Gasteiger partial charge on any atom is -0.508 e. The quantitative estimate of drug-likeness (QED) is 0.628. The number of rotatable bonds is 3. The second kappa shape index (κ2) is 7.50. The number of carbonyl (C=O) groups excluding carboxylic acids is 2. The van der Waals surface area contributed by atoms with Gasteiger partial charge in [-0.15, -0.1) is 0 Å². The van der Waals surface area contributed by atoms with E-state index in [1.807, 2.05) is 63.2 Å². The van der Waals surface area contributed by atoms with Gasteiger partial charge >= 0.3 is 0 Å². The fourth-order valence-corrected chi connectivity index (χ4v) is 4.97.